The molecular formula is C21H29N3O4. The Morgan fingerprint density at radius 3 is 2.46 bits per heavy atom. The number of piperidine rings is 1. The summed E-state index contributed by atoms with van der Waals surface area (Å²) in [4.78, 5) is 40.1. The largest absolute Gasteiger partial charge is 0.444 e. The highest BCUT2D eigenvalue weighted by Gasteiger charge is 2.28. The minimum Gasteiger partial charge on any atom is -0.444 e. The van der Waals surface area contributed by atoms with E-state index in [-0.39, 0.29) is 23.9 Å². The molecule has 0 saturated carbocycles. The maximum Gasteiger partial charge on any atom is 0.410 e. The lowest BCUT2D eigenvalue weighted by molar-refractivity contribution is -0.117. The van der Waals surface area contributed by atoms with Gasteiger partial charge in [0, 0.05) is 43.3 Å². The van der Waals surface area contributed by atoms with Gasteiger partial charge in [0.05, 0.1) is 0 Å². The number of nitrogens with one attached hydrogen (secondary N) is 1. The van der Waals surface area contributed by atoms with Gasteiger partial charge in [-0.25, -0.2) is 4.79 Å². The molecule has 0 bridgehead atoms. The first-order chi connectivity index (χ1) is 13.2. The van der Waals surface area contributed by atoms with Gasteiger partial charge in [0.1, 0.15) is 5.60 Å². The number of rotatable bonds is 3. The molecule has 7 nitrogen and oxygen atoms in total. The van der Waals surface area contributed by atoms with E-state index in [4.69, 9.17) is 4.74 Å². The van der Waals surface area contributed by atoms with Crippen LogP contribution in [0.2, 0.25) is 0 Å². The maximum absolute atomic E-state index is 12.6. The van der Waals surface area contributed by atoms with Crippen LogP contribution in [0.3, 0.4) is 0 Å². The average molecular weight is 387 g/mol. The van der Waals surface area contributed by atoms with E-state index in [9.17, 15) is 14.4 Å². The summed E-state index contributed by atoms with van der Waals surface area (Å²) in [5.74, 6) is -0.0451. The number of amides is 3. The number of hydrogen-bond acceptors (Lipinski definition) is 4. The van der Waals surface area contributed by atoms with Gasteiger partial charge in [-0.1, -0.05) is 6.07 Å². The first-order valence-electron chi connectivity index (χ1n) is 9.92. The Balaban J connectivity index is 1.53. The molecule has 1 aromatic carbocycles. The molecule has 0 aromatic heterocycles. The molecule has 0 spiro atoms. The normalized spacial score (nSPS) is 18.3. The summed E-state index contributed by atoms with van der Waals surface area (Å²) >= 11 is 0. The van der Waals surface area contributed by atoms with Crippen molar-refractivity contribution in [1.29, 1.82) is 0 Å². The highest BCUT2D eigenvalue weighted by atomic mass is 16.6. The van der Waals surface area contributed by atoms with Crippen LogP contribution in [0.5, 0.6) is 0 Å². The van der Waals surface area contributed by atoms with E-state index in [2.05, 4.69) is 5.32 Å². The van der Waals surface area contributed by atoms with E-state index in [1.165, 1.54) is 0 Å². The minimum absolute atomic E-state index is 0.0169. The third kappa shape index (κ3) is 5.03. The Labute approximate surface area is 166 Å². The van der Waals surface area contributed by atoms with E-state index >= 15 is 0 Å². The molecule has 2 fully saturated rings. The lowest BCUT2D eigenvalue weighted by Crippen LogP contribution is -2.47. The second kappa shape index (κ2) is 8.20. The van der Waals surface area contributed by atoms with Crippen molar-refractivity contribution < 1.29 is 19.1 Å². The van der Waals surface area contributed by atoms with Crippen LogP contribution in [-0.2, 0) is 9.53 Å². The van der Waals surface area contributed by atoms with Gasteiger partial charge < -0.3 is 19.9 Å². The maximum atomic E-state index is 12.6. The van der Waals surface area contributed by atoms with E-state index in [0.717, 1.165) is 12.1 Å². The summed E-state index contributed by atoms with van der Waals surface area (Å²) in [5, 5.41) is 3.05. The van der Waals surface area contributed by atoms with Gasteiger partial charge in [0.25, 0.3) is 5.91 Å². The molecule has 28 heavy (non-hydrogen) atoms. The molecule has 152 valence electrons. The zero-order valence-electron chi connectivity index (χ0n) is 16.9. The van der Waals surface area contributed by atoms with Crippen molar-refractivity contribution in [3.8, 4) is 0 Å². The molecule has 1 N–H and O–H groups in total. The molecular weight excluding hydrogens is 358 g/mol. The number of likely N-dealkylation sites (tertiary alicyclic amines) is 1. The smallest absolute Gasteiger partial charge is 0.410 e. The molecule has 0 radical (unpaired) electrons. The van der Waals surface area contributed by atoms with Gasteiger partial charge in [-0.2, -0.15) is 0 Å². The number of benzene rings is 1. The van der Waals surface area contributed by atoms with Gasteiger partial charge in [0.15, 0.2) is 0 Å². The topological polar surface area (TPSA) is 79.0 Å². The lowest BCUT2D eigenvalue weighted by Gasteiger charge is -2.33. The fourth-order valence-corrected chi connectivity index (χ4v) is 3.54. The quantitative estimate of drug-likeness (QED) is 0.865. The zero-order valence-corrected chi connectivity index (χ0v) is 16.9. The van der Waals surface area contributed by atoms with Crippen LogP contribution in [0.15, 0.2) is 24.3 Å². The van der Waals surface area contributed by atoms with E-state index < -0.39 is 5.60 Å². The minimum atomic E-state index is -0.510. The van der Waals surface area contributed by atoms with Gasteiger partial charge >= 0.3 is 6.09 Å². The average Bonchev–Trinajstić information content (AvgIpc) is 3.07. The predicted molar refractivity (Wildman–Crippen MR) is 106 cm³/mol. The molecule has 0 atom stereocenters. The highest BCUT2D eigenvalue weighted by molar-refractivity contribution is 5.99. The van der Waals surface area contributed by atoms with Gasteiger partial charge in [-0.3, -0.25) is 9.59 Å². The molecule has 3 rings (SSSR count). The third-order valence-electron chi connectivity index (χ3n) is 4.98. The summed E-state index contributed by atoms with van der Waals surface area (Å²) in [5.41, 5.74) is 0.811. The molecule has 7 heteroatoms. The molecule has 2 heterocycles. The number of hydrogen-bond donors (Lipinski definition) is 1. The van der Waals surface area contributed by atoms with Gasteiger partial charge in [-0.05, 0) is 58.2 Å². The fourth-order valence-electron chi connectivity index (χ4n) is 3.54. The van der Waals surface area contributed by atoms with E-state index in [0.29, 0.717) is 44.5 Å². The van der Waals surface area contributed by atoms with Crippen LogP contribution in [0.25, 0.3) is 0 Å². The Kier molecular flexibility index (Phi) is 5.91. The second-order valence-corrected chi connectivity index (χ2v) is 8.41. The standard InChI is InChI=1S/C21H29N3O4/c1-21(2,3)28-20(27)23-12-9-16(10-13-23)22-19(26)15-6-4-7-17(14-15)24-11-5-8-18(24)25/h4,6-7,14,16H,5,8-13H2,1-3H3,(H,22,26). The summed E-state index contributed by atoms with van der Waals surface area (Å²) < 4.78 is 5.40. The Bertz CT molecular complexity index is 748. The van der Waals surface area contributed by atoms with Crippen LogP contribution >= 0.6 is 0 Å². The summed E-state index contributed by atoms with van der Waals surface area (Å²) in [6, 6.07) is 7.22. The van der Waals surface area contributed by atoms with Crippen molar-refractivity contribution in [3.05, 3.63) is 29.8 Å². The van der Waals surface area contributed by atoms with Crippen LogP contribution in [-0.4, -0.2) is 54.1 Å². The van der Waals surface area contributed by atoms with Crippen molar-refractivity contribution >= 4 is 23.6 Å². The number of anilines is 1. The van der Waals surface area contributed by atoms with E-state index in [1.54, 1.807) is 28.0 Å². The van der Waals surface area contributed by atoms with Crippen molar-refractivity contribution in [2.24, 2.45) is 0 Å². The molecule has 2 aliphatic heterocycles. The van der Waals surface area contributed by atoms with Crippen LogP contribution < -0.4 is 10.2 Å². The summed E-state index contributed by atoms with van der Waals surface area (Å²) in [7, 11) is 0. The van der Waals surface area contributed by atoms with Crippen molar-refractivity contribution in [2.45, 2.75) is 58.1 Å². The number of carbonyl (C=O) groups is 3. The van der Waals surface area contributed by atoms with Crippen LogP contribution in [0.4, 0.5) is 10.5 Å². The Hall–Kier alpha value is -2.57. The van der Waals surface area contributed by atoms with Gasteiger partial charge in [-0.15, -0.1) is 0 Å². The monoisotopic (exact) mass is 387 g/mol. The first-order valence-corrected chi connectivity index (χ1v) is 9.92. The molecule has 3 amide bonds. The molecule has 0 unspecified atom stereocenters. The molecule has 1 aromatic rings. The molecule has 0 aliphatic carbocycles. The molecule has 2 saturated heterocycles. The Morgan fingerprint density at radius 2 is 1.86 bits per heavy atom. The van der Waals surface area contributed by atoms with Crippen molar-refractivity contribution in [3.63, 3.8) is 0 Å². The summed E-state index contributed by atoms with van der Waals surface area (Å²) in [6.07, 6.45) is 2.49. The Morgan fingerprint density at radius 1 is 1.14 bits per heavy atom. The fraction of sp³-hybridized carbons (Fsp3) is 0.571. The van der Waals surface area contributed by atoms with Crippen molar-refractivity contribution in [1.82, 2.24) is 10.2 Å². The second-order valence-electron chi connectivity index (χ2n) is 8.41. The number of ether oxygens (including phenoxy) is 1. The third-order valence-corrected chi connectivity index (χ3v) is 4.98. The van der Waals surface area contributed by atoms with Gasteiger partial charge in [0.2, 0.25) is 5.91 Å². The van der Waals surface area contributed by atoms with E-state index in [1.807, 2.05) is 26.8 Å². The van der Waals surface area contributed by atoms with Crippen LogP contribution in [0.1, 0.15) is 56.8 Å². The number of nitrogens with zero attached hydrogens (tertiary/aromatic N) is 2. The predicted octanol–water partition coefficient (Wildman–Crippen LogP) is 2.94. The van der Waals surface area contributed by atoms with Crippen LogP contribution in [0, 0.1) is 0 Å². The number of carbonyl (C=O) groups excluding carboxylic acids is 3. The first kappa shape index (κ1) is 20.2. The molecule has 2 aliphatic rings. The lowest BCUT2D eigenvalue weighted by atomic mass is 10.0. The summed E-state index contributed by atoms with van der Waals surface area (Å²) in [6.45, 7) is 7.36. The van der Waals surface area contributed by atoms with Crippen molar-refractivity contribution in [2.75, 3.05) is 24.5 Å². The zero-order chi connectivity index (χ0) is 20.3. The SMILES string of the molecule is CC(C)(C)OC(=O)N1CCC(NC(=O)c2cccc(N3CCCC3=O)c2)CC1. The highest BCUT2D eigenvalue weighted by Crippen LogP contribution is 2.22.